The lowest BCUT2D eigenvalue weighted by molar-refractivity contribution is 0.470. The summed E-state index contributed by atoms with van der Waals surface area (Å²) in [6.45, 7) is 0.486. The predicted octanol–water partition coefficient (Wildman–Crippen LogP) is 2.15. The molecule has 0 saturated carbocycles. The maximum Gasteiger partial charge on any atom is 0.234 e. The number of phenols is 1. The Labute approximate surface area is 88.5 Å². The highest BCUT2D eigenvalue weighted by Crippen LogP contribution is 2.33. The third kappa shape index (κ3) is 2.08. The fourth-order valence-electron chi connectivity index (χ4n) is 2.22. The Morgan fingerprint density at radius 1 is 1.53 bits per heavy atom. The first kappa shape index (κ1) is 9.94. The summed E-state index contributed by atoms with van der Waals surface area (Å²) < 4.78 is 0. The summed E-state index contributed by atoms with van der Waals surface area (Å²) >= 11 is 0. The van der Waals surface area contributed by atoms with Gasteiger partial charge in [0.1, 0.15) is 5.75 Å². The number of hydrogen-bond acceptors (Lipinski definition) is 3. The third-order valence-electron chi connectivity index (χ3n) is 2.94. The topological polar surface area (TPSA) is 49.7 Å². The van der Waals surface area contributed by atoms with Gasteiger partial charge in [-0.3, -0.25) is 0 Å². The number of hydrogen-bond donors (Lipinski definition) is 1. The number of benzene rings is 1. The van der Waals surface area contributed by atoms with Crippen molar-refractivity contribution in [2.45, 2.75) is 25.2 Å². The molecule has 0 aromatic heterocycles. The SMILES string of the molecule is O=C=NCC1CCCc2ccc(O)cc21. The van der Waals surface area contributed by atoms with Crippen LogP contribution in [0.1, 0.15) is 29.9 Å². The number of nitrogens with zero attached hydrogens (tertiary/aromatic N) is 1. The van der Waals surface area contributed by atoms with Crippen LogP contribution in [0.3, 0.4) is 0 Å². The molecule has 3 nitrogen and oxygen atoms in total. The number of rotatable bonds is 2. The fourth-order valence-corrected chi connectivity index (χ4v) is 2.22. The highest BCUT2D eigenvalue weighted by Gasteiger charge is 2.20. The molecule has 0 saturated heterocycles. The van der Waals surface area contributed by atoms with E-state index < -0.39 is 0 Å². The zero-order valence-electron chi connectivity index (χ0n) is 8.44. The second-order valence-electron chi connectivity index (χ2n) is 3.90. The van der Waals surface area contributed by atoms with E-state index in [0.717, 1.165) is 24.8 Å². The van der Waals surface area contributed by atoms with Gasteiger partial charge in [0.15, 0.2) is 0 Å². The Balaban J connectivity index is 2.31. The summed E-state index contributed by atoms with van der Waals surface area (Å²) in [6, 6.07) is 5.46. The number of fused-ring (bicyclic) bond motifs is 1. The van der Waals surface area contributed by atoms with E-state index in [-0.39, 0.29) is 11.7 Å². The summed E-state index contributed by atoms with van der Waals surface area (Å²) in [4.78, 5) is 13.7. The van der Waals surface area contributed by atoms with E-state index in [0.29, 0.717) is 6.54 Å². The number of phenolic OH excluding ortho intramolecular Hbond substituents is 1. The van der Waals surface area contributed by atoms with Crippen LogP contribution in [0.15, 0.2) is 23.2 Å². The van der Waals surface area contributed by atoms with Crippen LogP contribution in [-0.2, 0) is 11.2 Å². The molecule has 0 bridgehead atoms. The van der Waals surface area contributed by atoms with Crippen molar-refractivity contribution >= 4 is 6.08 Å². The second kappa shape index (κ2) is 4.28. The van der Waals surface area contributed by atoms with Crippen molar-refractivity contribution in [2.24, 2.45) is 4.99 Å². The van der Waals surface area contributed by atoms with Crippen molar-refractivity contribution in [2.75, 3.05) is 6.54 Å². The van der Waals surface area contributed by atoms with Gasteiger partial charge in [-0.1, -0.05) is 6.07 Å². The van der Waals surface area contributed by atoms with Crippen molar-refractivity contribution in [1.29, 1.82) is 0 Å². The Bertz CT molecular complexity index is 408. The molecule has 1 N–H and O–H groups in total. The van der Waals surface area contributed by atoms with Crippen LogP contribution in [-0.4, -0.2) is 17.7 Å². The molecule has 3 heteroatoms. The molecule has 15 heavy (non-hydrogen) atoms. The minimum absolute atomic E-state index is 0.266. The first-order chi connectivity index (χ1) is 7.31. The van der Waals surface area contributed by atoms with E-state index in [4.69, 9.17) is 0 Å². The van der Waals surface area contributed by atoms with Gasteiger partial charge >= 0.3 is 0 Å². The van der Waals surface area contributed by atoms with Crippen molar-refractivity contribution in [3.05, 3.63) is 29.3 Å². The van der Waals surface area contributed by atoms with Crippen molar-refractivity contribution in [1.82, 2.24) is 0 Å². The minimum Gasteiger partial charge on any atom is -0.508 e. The smallest absolute Gasteiger partial charge is 0.234 e. The fraction of sp³-hybridized carbons (Fsp3) is 0.417. The van der Waals surface area contributed by atoms with Gasteiger partial charge in [0.05, 0.1) is 6.54 Å². The minimum atomic E-state index is 0.266. The molecule has 0 amide bonds. The zero-order valence-corrected chi connectivity index (χ0v) is 8.44. The molecule has 0 radical (unpaired) electrons. The zero-order chi connectivity index (χ0) is 10.7. The van der Waals surface area contributed by atoms with E-state index in [1.54, 1.807) is 18.2 Å². The van der Waals surface area contributed by atoms with Crippen LogP contribution in [0.25, 0.3) is 0 Å². The molecule has 0 aliphatic heterocycles. The largest absolute Gasteiger partial charge is 0.508 e. The average Bonchev–Trinajstić information content (AvgIpc) is 2.26. The monoisotopic (exact) mass is 203 g/mol. The summed E-state index contributed by atoms with van der Waals surface area (Å²) in [5.41, 5.74) is 2.41. The summed E-state index contributed by atoms with van der Waals surface area (Å²) in [7, 11) is 0. The molecule has 0 fully saturated rings. The number of isocyanates is 1. The molecule has 1 aliphatic rings. The highest BCUT2D eigenvalue weighted by atomic mass is 16.3. The number of aromatic hydroxyl groups is 1. The molecule has 1 unspecified atom stereocenters. The molecule has 0 heterocycles. The Hall–Kier alpha value is -1.60. The first-order valence-electron chi connectivity index (χ1n) is 5.16. The van der Waals surface area contributed by atoms with Gasteiger partial charge in [0, 0.05) is 5.92 Å². The molecule has 78 valence electrons. The molecule has 0 spiro atoms. The molecular formula is C12H13NO2. The van der Waals surface area contributed by atoms with Crippen molar-refractivity contribution in [3.63, 3.8) is 0 Å². The lowest BCUT2D eigenvalue weighted by Crippen LogP contribution is -2.12. The van der Waals surface area contributed by atoms with Crippen LogP contribution in [0.5, 0.6) is 5.75 Å². The standard InChI is InChI=1S/C12H13NO2/c14-8-13-7-10-3-1-2-9-4-5-11(15)6-12(9)10/h4-6,10,15H,1-3,7H2. The summed E-state index contributed by atoms with van der Waals surface area (Å²) in [6.07, 6.45) is 4.78. The quantitative estimate of drug-likeness (QED) is 0.591. The third-order valence-corrected chi connectivity index (χ3v) is 2.94. The van der Waals surface area contributed by atoms with Crippen molar-refractivity contribution in [3.8, 4) is 5.75 Å². The molecule has 1 aromatic rings. The van der Waals surface area contributed by atoms with Gasteiger partial charge in [-0.2, -0.15) is 0 Å². The van der Waals surface area contributed by atoms with Crippen LogP contribution in [0, 0.1) is 0 Å². The average molecular weight is 203 g/mol. The lowest BCUT2D eigenvalue weighted by atomic mass is 9.83. The second-order valence-corrected chi connectivity index (χ2v) is 3.90. The van der Waals surface area contributed by atoms with Crippen LogP contribution >= 0.6 is 0 Å². The van der Waals surface area contributed by atoms with Gasteiger partial charge in [-0.25, -0.2) is 9.79 Å². The normalized spacial score (nSPS) is 19.1. The lowest BCUT2D eigenvalue weighted by Gasteiger charge is -2.23. The molecule has 2 rings (SSSR count). The van der Waals surface area contributed by atoms with Gasteiger partial charge in [0.2, 0.25) is 6.08 Å². The highest BCUT2D eigenvalue weighted by molar-refractivity contribution is 5.40. The number of aliphatic imine (C=N–C) groups is 1. The maximum absolute atomic E-state index is 10.1. The van der Waals surface area contributed by atoms with Gasteiger partial charge < -0.3 is 5.11 Å². The Morgan fingerprint density at radius 2 is 2.40 bits per heavy atom. The Kier molecular flexibility index (Phi) is 2.84. The van der Waals surface area contributed by atoms with E-state index in [9.17, 15) is 9.90 Å². The number of aryl methyl sites for hydroxylation is 1. The summed E-state index contributed by atoms with van der Waals surface area (Å²) in [5.74, 6) is 0.554. The van der Waals surface area contributed by atoms with E-state index in [1.165, 1.54) is 5.56 Å². The predicted molar refractivity (Wildman–Crippen MR) is 56.8 cm³/mol. The molecule has 1 atom stereocenters. The van der Waals surface area contributed by atoms with Gasteiger partial charge in [0.25, 0.3) is 0 Å². The molecular weight excluding hydrogens is 190 g/mol. The van der Waals surface area contributed by atoms with Gasteiger partial charge in [-0.05, 0) is 42.5 Å². The summed E-state index contributed by atoms with van der Waals surface area (Å²) in [5, 5.41) is 9.42. The number of carbonyl (C=O) groups excluding carboxylic acids is 1. The first-order valence-corrected chi connectivity index (χ1v) is 5.16. The molecule has 1 aliphatic carbocycles. The maximum atomic E-state index is 10.1. The van der Waals surface area contributed by atoms with Crippen molar-refractivity contribution < 1.29 is 9.90 Å². The van der Waals surface area contributed by atoms with Crippen LogP contribution in [0.2, 0.25) is 0 Å². The van der Waals surface area contributed by atoms with Gasteiger partial charge in [-0.15, -0.1) is 0 Å². The Morgan fingerprint density at radius 3 is 3.20 bits per heavy atom. The van der Waals surface area contributed by atoms with Crippen LogP contribution < -0.4 is 0 Å². The molecule has 1 aromatic carbocycles. The van der Waals surface area contributed by atoms with E-state index in [2.05, 4.69) is 4.99 Å². The van der Waals surface area contributed by atoms with Crippen LogP contribution in [0.4, 0.5) is 0 Å². The van der Waals surface area contributed by atoms with E-state index in [1.807, 2.05) is 6.07 Å². The van der Waals surface area contributed by atoms with E-state index >= 15 is 0 Å².